The molecule has 0 saturated carbocycles. The van der Waals surface area contributed by atoms with E-state index in [1.54, 1.807) is 0 Å². The van der Waals surface area contributed by atoms with Crippen molar-refractivity contribution in [2.24, 2.45) is 7.05 Å². The molecule has 3 rings (SSSR count). The van der Waals surface area contributed by atoms with Crippen LogP contribution in [0.2, 0.25) is 0 Å². The van der Waals surface area contributed by atoms with Crippen LogP contribution in [0, 0.1) is 6.92 Å². The molecule has 4 heteroatoms. The van der Waals surface area contributed by atoms with Crippen molar-refractivity contribution < 1.29 is 4.42 Å². The molecule has 0 aliphatic carbocycles. The van der Waals surface area contributed by atoms with E-state index in [0.29, 0.717) is 0 Å². The Morgan fingerprint density at radius 1 is 1.35 bits per heavy atom. The smallest absolute Gasteiger partial charge is 0.101 e. The van der Waals surface area contributed by atoms with Crippen LogP contribution in [0.5, 0.6) is 0 Å². The van der Waals surface area contributed by atoms with Crippen LogP contribution in [0.3, 0.4) is 0 Å². The predicted octanol–water partition coefficient (Wildman–Crippen LogP) is 2.98. The molecule has 104 valence electrons. The van der Waals surface area contributed by atoms with Gasteiger partial charge in [-0.2, -0.15) is 5.10 Å². The van der Waals surface area contributed by atoms with E-state index in [0.717, 1.165) is 17.9 Å². The molecule has 0 aliphatic rings. The average Bonchev–Trinajstić information content (AvgIpc) is 3.01. The second-order valence-corrected chi connectivity index (χ2v) is 5.12. The molecule has 0 fully saturated rings. The second-order valence-electron chi connectivity index (χ2n) is 5.12. The first-order chi connectivity index (χ1) is 9.69. The number of hydrogen-bond donors (Lipinski definition) is 1. The van der Waals surface area contributed by atoms with Crippen molar-refractivity contribution in [2.45, 2.75) is 19.4 Å². The summed E-state index contributed by atoms with van der Waals surface area (Å²) in [5.74, 6) is 0.936. The van der Waals surface area contributed by atoms with Crippen LogP contribution >= 0.6 is 0 Å². The van der Waals surface area contributed by atoms with E-state index < -0.39 is 0 Å². The monoisotopic (exact) mass is 269 g/mol. The van der Waals surface area contributed by atoms with E-state index in [4.69, 9.17) is 4.42 Å². The minimum absolute atomic E-state index is 0.214. The highest BCUT2D eigenvalue weighted by atomic mass is 16.3. The van der Waals surface area contributed by atoms with Crippen LogP contribution < -0.4 is 5.32 Å². The van der Waals surface area contributed by atoms with Gasteiger partial charge in [0.25, 0.3) is 0 Å². The molecule has 3 aromatic rings. The minimum Gasteiger partial charge on any atom is -0.469 e. The topological polar surface area (TPSA) is 43.0 Å². The molecule has 0 aliphatic heterocycles. The fourth-order valence-corrected chi connectivity index (χ4v) is 2.67. The van der Waals surface area contributed by atoms with Crippen molar-refractivity contribution in [1.82, 2.24) is 15.1 Å². The van der Waals surface area contributed by atoms with Gasteiger partial charge in [0.1, 0.15) is 5.76 Å². The van der Waals surface area contributed by atoms with Crippen molar-refractivity contribution in [3.8, 4) is 0 Å². The maximum atomic E-state index is 5.41. The van der Waals surface area contributed by atoms with Crippen LogP contribution in [-0.2, 0) is 13.5 Å². The molecule has 0 spiro atoms. The Balaban J connectivity index is 1.95. The summed E-state index contributed by atoms with van der Waals surface area (Å²) in [5, 5.41) is 9.22. The number of fused-ring (bicyclic) bond motifs is 1. The number of rotatable bonds is 4. The van der Waals surface area contributed by atoms with Crippen molar-refractivity contribution >= 4 is 10.9 Å². The molecular weight excluding hydrogens is 250 g/mol. The summed E-state index contributed by atoms with van der Waals surface area (Å²) in [6, 6.07) is 10.6. The van der Waals surface area contributed by atoms with Crippen molar-refractivity contribution in [1.29, 1.82) is 0 Å². The first kappa shape index (κ1) is 12.9. The summed E-state index contributed by atoms with van der Waals surface area (Å²) in [5.41, 5.74) is 3.45. The number of nitrogens with one attached hydrogen (secondary N) is 1. The Morgan fingerprint density at radius 3 is 2.85 bits per heavy atom. The van der Waals surface area contributed by atoms with Gasteiger partial charge in [0.05, 0.1) is 17.5 Å². The Bertz CT molecular complexity index is 726. The van der Waals surface area contributed by atoms with Crippen LogP contribution in [0.4, 0.5) is 0 Å². The predicted molar refractivity (Wildman–Crippen MR) is 79.7 cm³/mol. The molecule has 0 saturated heterocycles. The number of furan rings is 1. The quantitative estimate of drug-likeness (QED) is 0.792. The zero-order valence-electron chi connectivity index (χ0n) is 12.1. The second kappa shape index (κ2) is 5.13. The van der Waals surface area contributed by atoms with Crippen LogP contribution in [0.1, 0.15) is 23.1 Å². The van der Waals surface area contributed by atoms with Gasteiger partial charge in [-0.25, -0.2) is 0 Å². The summed E-state index contributed by atoms with van der Waals surface area (Å²) in [6.07, 6.45) is 2.67. The highest BCUT2D eigenvalue weighted by Crippen LogP contribution is 2.24. The number of aromatic nitrogens is 2. The van der Waals surface area contributed by atoms with Crippen molar-refractivity contribution in [3.05, 3.63) is 53.6 Å². The maximum Gasteiger partial charge on any atom is 0.101 e. The molecule has 2 aromatic heterocycles. The normalized spacial score (nSPS) is 12.9. The Hall–Kier alpha value is -2.07. The Kier molecular flexibility index (Phi) is 3.32. The Labute approximate surface area is 118 Å². The lowest BCUT2D eigenvalue weighted by Crippen LogP contribution is -2.18. The molecule has 20 heavy (non-hydrogen) atoms. The molecule has 0 amide bonds. The van der Waals surface area contributed by atoms with Gasteiger partial charge < -0.3 is 9.73 Å². The molecule has 1 aromatic carbocycles. The number of para-hydroxylation sites is 1. The van der Waals surface area contributed by atoms with Gasteiger partial charge in [0, 0.05) is 30.5 Å². The summed E-state index contributed by atoms with van der Waals surface area (Å²) in [6.45, 7) is 1.96. The van der Waals surface area contributed by atoms with E-state index in [1.807, 2.05) is 38.0 Å². The molecule has 0 bridgehead atoms. The number of benzene rings is 1. The summed E-state index contributed by atoms with van der Waals surface area (Å²) >= 11 is 0. The third-order valence-corrected chi connectivity index (χ3v) is 3.73. The maximum absolute atomic E-state index is 5.41. The number of likely N-dealkylation sites (N-methyl/N-ethyl adjacent to an activating group) is 1. The molecule has 4 nitrogen and oxygen atoms in total. The first-order valence-corrected chi connectivity index (χ1v) is 6.82. The molecule has 2 heterocycles. The first-order valence-electron chi connectivity index (χ1n) is 6.82. The highest BCUT2D eigenvalue weighted by molar-refractivity contribution is 5.81. The van der Waals surface area contributed by atoms with E-state index in [1.165, 1.54) is 16.5 Å². The van der Waals surface area contributed by atoms with Gasteiger partial charge >= 0.3 is 0 Å². The lowest BCUT2D eigenvalue weighted by atomic mass is 10.0. The van der Waals surface area contributed by atoms with Crippen molar-refractivity contribution in [3.63, 3.8) is 0 Å². The summed E-state index contributed by atoms with van der Waals surface area (Å²) < 4.78 is 7.35. The van der Waals surface area contributed by atoms with Gasteiger partial charge in [0.15, 0.2) is 0 Å². The lowest BCUT2D eigenvalue weighted by Gasteiger charge is -2.12. The number of nitrogens with zero attached hydrogens (tertiary/aromatic N) is 2. The highest BCUT2D eigenvalue weighted by Gasteiger charge is 2.16. The van der Waals surface area contributed by atoms with E-state index in [9.17, 15) is 0 Å². The summed E-state index contributed by atoms with van der Waals surface area (Å²) in [4.78, 5) is 0. The standard InChI is InChI=1S/C16H19N3O/c1-11-8-12(10-20-11)14(17-2)9-15-13-6-4-5-7-16(13)19(3)18-15/h4-8,10,14,17H,9H2,1-3H3. The zero-order valence-corrected chi connectivity index (χ0v) is 12.1. The number of hydrogen-bond acceptors (Lipinski definition) is 3. The SMILES string of the molecule is CNC(Cc1nn(C)c2ccccc12)c1coc(C)c1. The molecule has 1 unspecified atom stereocenters. The number of aryl methyl sites for hydroxylation is 2. The zero-order chi connectivity index (χ0) is 14.1. The fraction of sp³-hybridized carbons (Fsp3) is 0.312. The third-order valence-electron chi connectivity index (χ3n) is 3.73. The average molecular weight is 269 g/mol. The van der Waals surface area contributed by atoms with Gasteiger partial charge in [-0.1, -0.05) is 18.2 Å². The molecular formula is C16H19N3O. The fourth-order valence-electron chi connectivity index (χ4n) is 2.67. The Morgan fingerprint density at radius 2 is 2.15 bits per heavy atom. The van der Waals surface area contributed by atoms with Gasteiger partial charge in [-0.05, 0) is 26.1 Å². The largest absolute Gasteiger partial charge is 0.469 e. The molecule has 1 atom stereocenters. The minimum atomic E-state index is 0.214. The third kappa shape index (κ3) is 2.23. The molecule has 1 N–H and O–H groups in total. The van der Waals surface area contributed by atoms with E-state index in [-0.39, 0.29) is 6.04 Å². The lowest BCUT2D eigenvalue weighted by molar-refractivity contribution is 0.518. The van der Waals surface area contributed by atoms with Gasteiger partial charge in [-0.3, -0.25) is 4.68 Å². The molecule has 0 radical (unpaired) electrons. The van der Waals surface area contributed by atoms with Crippen LogP contribution in [0.15, 0.2) is 41.0 Å². The van der Waals surface area contributed by atoms with E-state index >= 15 is 0 Å². The van der Waals surface area contributed by atoms with Gasteiger partial charge in [0.2, 0.25) is 0 Å². The van der Waals surface area contributed by atoms with Gasteiger partial charge in [-0.15, -0.1) is 0 Å². The van der Waals surface area contributed by atoms with Crippen molar-refractivity contribution in [2.75, 3.05) is 7.05 Å². The van der Waals surface area contributed by atoms with Crippen LogP contribution in [0.25, 0.3) is 10.9 Å². The van der Waals surface area contributed by atoms with E-state index in [2.05, 4.69) is 34.7 Å². The van der Waals surface area contributed by atoms with Crippen LogP contribution in [-0.4, -0.2) is 16.8 Å². The summed E-state index contributed by atoms with van der Waals surface area (Å²) in [7, 11) is 3.96.